The summed E-state index contributed by atoms with van der Waals surface area (Å²) in [5.74, 6) is 0.0524. The fourth-order valence-corrected chi connectivity index (χ4v) is 3.71. The summed E-state index contributed by atoms with van der Waals surface area (Å²) in [5.41, 5.74) is -1.46. The Hall–Kier alpha value is -2.36. The number of hydrogen-bond donors (Lipinski definition) is 0. The predicted octanol–water partition coefficient (Wildman–Crippen LogP) is 2.36. The molecule has 0 N–H and O–H groups in total. The number of halogens is 3. The molecule has 0 bridgehead atoms. The molecule has 1 amide bonds. The zero-order valence-corrected chi connectivity index (χ0v) is 14.9. The molecule has 2 saturated heterocycles. The van der Waals surface area contributed by atoms with Crippen molar-refractivity contribution >= 4 is 17.3 Å². The van der Waals surface area contributed by atoms with Crippen LogP contribution in [0.15, 0.2) is 18.2 Å². The van der Waals surface area contributed by atoms with Gasteiger partial charge in [0.1, 0.15) is 5.69 Å². The number of amides is 1. The van der Waals surface area contributed by atoms with Crippen molar-refractivity contribution in [1.29, 1.82) is 0 Å². The van der Waals surface area contributed by atoms with Gasteiger partial charge in [-0.05, 0) is 38.6 Å². The average molecular weight is 386 g/mol. The third-order valence-corrected chi connectivity index (χ3v) is 5.24. The summed E-state index contributed by atoms with van der Waals surface area (Å²) >= 11 is 0. The molecule has 0 aliphatic carbocycles. The highest BCUT2D eigenvalue weighted by Gasteiger charge is 2.36. The van der Waals surface area contributed by atoms with Crippen LogP contribution in [0.25, 0.3) is 0 Å². The van der Waals surface area contributed by atoms with Crippen LogP contribution < -0.4 is 4.90 Å². The van der Waals surface area contributed by atoms with Gasteiger partial charge in [0.2, 0.25) is 5.91 Å². The van der Waals surface area contributed by atoms with Crippen LogP contribution in [-0.4, -0.2) is 66.4 Å². The van der Waals surface area contributed by atoms with Crippen LogP contribution in [0.2, 0.25) is 0 Å². The van der Waals surface area contributed by atoms with Crippen LogP contribution in [-0.2, 0) is 11.0 Å². The van der Waals surface area contributed by atoms with Crippen molar-refractivity contribution in [3.8, 4) is 0 Å². The van der Waals surface area contributed by atoms with E-state index in [2.05, 4.69) is 0 Å². The molecule has 0 radical (unpaired) electrons. The molecule has 1 unspecified atom stereocenters. The number of nitrogens with zero attached hydrogens (tertiary/aromatic N) is 4. The van der Waals surface area contributed by atoms with E-state index < -0.39 is 22.4 Å². The normalized spacial score (nSPS) is 21.6. The first-order chi connectivity index (χ1) is 12.7. The summed E-state index contributed by atoms with van der Waals surface area (Å²) in [6, 6.07) is 2.44. The number of nitro groups is 1. The Bertz CT molecular complexity index is 733. The molecule has 1 aromatic rings. The van der Waals surface area contributed by atoms with Gasteiger partial charge in [0, 0.05) is 32.2 Å². The van der Waals surface area contributed by atoms with Crippen molar-refractivity contribution < 1.29 is 22.9 Å². The topological polar surface area (TPSA) is 69.9 Å². The summed E-state index contributed by atoms with van der Waals surface area (Å²) in [6.07, 6.45) is -2.84. The van der Waals surface area contributed by atoms with Crippen molar-refractivity contribution in [1.82, 2.24) is 9.80 Å². The van der Waals surface area contributed by atoms with E-state index in [1.165, 1.54) is 0 Å². The van der Waals surface area contributed by atoms with Gasteiger partial charge < -0.3 is 9.80 Å². The number of likely N-dealkylation sites (N-methyl/N-ethyl adjacent to an activating group) is 1. The highest BCUT2D eigenvalue weighted by molar-refractivity contribution is 5.82. The zero-order valence-electron chi connectivity index (χ0n) is 14.9. The molecule has 10 heteroatoms. The monoisotopic (exact) mass is 386 g/mol. The summed E-state index contributed by atoms with van der Waals surface area (Å²) in [6.45, 7) is 2.35. The van der Waals surface area contributed by atoms with Crippen LogP contribution in [0.1, 0.15) is 18.4 Å². The molecular weight excluding hydrogens is 365 g/mol. The molecule has 27 heavy (non-hydrogen) atoms. The van der Waals surface area contributed by atoms with Crippen LogP contribution in [0.4, 0.5) is 24.5 Å². The van der Waals surface area contributed by atoms with Crippen LogP contribution in [0.5, 0.6) is 0 Å². The van der Waals surface area contributed by atoms with Crippen molar-refractivity contribution in [2.24, 2.45) is 0 Å². The molecule has 2 aliphatic rings. The minimum absolute atomic E-state index is 0.0524. The van der Waals surface area contributed by atoms with Crippen LogP contribution in [0.3, 0.4) is 0 Å². The zero-order chi connectivity index (χ0) is 19.8. The summed E-state index contributed by atoms with van der Waals surface area (Å²) < 4.78 is 38.5. The van der Waals surface area contributed by atoms with E-state index in [0.29, 0.717) is 32.2 Å². The molecule has 1 aromatic carbocycles. The number of hydrogen-bond acceptors (Lipinski definition) is 5. The maximum absolute atomic E-state index is 12.8. The molecule has 1 atom stereocenters. The number of anilines is 1. The first-order valence-corrected chi connectivity index (χ1v) is 8.78. The molecule has 2 fully saturated rings. The summed E-state index contributed by atoms with van der Waals surface area (Å²) in [5, 5.41) is 11.3. The second kappa shape index (κ2) is 7.34. The Morgan fingerprint density at radius 1 is 1.19 bits per heavy atom. The smallest absolute Gasteiger partial charge is 0.362 e. The first-order valence-electron chi connectivity index (χ1n) is 8.78. The lowest BCUT2D eigenvalue weighted by Crippen LogP contribution is -2.53. The minimum atomic E-state index is -4.64. The number of nitro benzene ring substituents is 1. The van der Waals surface area contributed by atoms with E-state index in [-0.39, 0.29) is 17.6 Å². The van der Waals surface area contributed by atoms with E-state index in [4.69, 9.17) is 0 Å². The molecule has 0 saturated carbocycles. The second-order valence-electron chi connectivity index (χ2n) is 6.91. The van der Waals surface area contributed by atoms with Gasteiger partial charge in [0.05, 0.1) is 16.5 Å². The molecule has 2 aliphatic heterocycles. The molecule has 0 aromatic heterocycles. The van der Waals surface area contributed by atoms with Gasteiger partial charge in [0.15, 0.2) is 0 Å². The summed E-state index contributed by atoms with van der Waals surface area (Å²) in [7, 11) is 1.91. The van der Waals surface area contributed by atoms with Gasteiger partial charge in [-0.1, -0.05) is 0 Å². The molecule has 3 rings (SSSR count). The lowest BCUT2D eigenvalue weighted by Gasteiger charge is -2.37. The quantitative estimate of drug-likeness (QED) is 0.589. The lowest BCUT2D eigenvalue weighted by molar-refractivity contribution is -0.384. The SMILES string of the molecule is CN1CCCC1C(=O)N1CCN(c2ccc(C(F)(F)F)cc2[N+](=O)[O-])CC1. The Balaban J connectivity index is 1.72. The van der Waals surface area contributed by atoms with Crippen molar-refractivity contribution in [3.63, 3.8) is 0 Å². The van der Waals surface area contributed by atoms with Gasteiger partial charge in [0.25, 0.3) is 5.69 Å². The van der Waals surface area contributed by atoms with Crippen LogP contribution >= 0.6 is 0 Å². The molecule has 7 nitrogen and oxygen atoms in total. The number of alkyl halides is 3. The van der Waals surface area contributed by atoms with Crippen molar-refractivity contribution in [3.05, 3.63) is 33.9 Å². The number of carbonyl (C=O) groups excluding carboxylic acids is 1. The fourth-order valence-electron chi connectivity index (χ4n) is 3.71. The van der Waals surface area contributed by atoms with Crippen molar-refractivity contribution in [2.75, 3.05) is 44.7 Å². The Labute approximate surface area is 154 Å². The van der Waals surface area contributed by atoms with E-state index in [0.717, 1.165) is 31.5 Å². The highest BCUT2D eigenvalue weighted by Crippen LogP contribution is 2.36. The maximum Gasteiger partial charge on any atom is 0.416 e. The Morgan fingerprint density at radius 3 is 2.37 bits per heavy atom. The van der Waals surface area contributed by atoms with E-state index in [1.54, 1.807) is 9.80 Å². The second-order valence-corrected chi connectivity index (χ2v) is 6.91. The third-order valence-electron chi connectivity index (χ3n) is 5.24. The summed E-state index contributed by atoms with van der Waals surface area (Å²) in [4.78, 5) is 28.5. The number of benzene rings is 1. The van der Waals surface area contributed by atoms with Crippen LogP contribution in [0, 0.1) is 10.1 Å². The molecule has 2 heterocycles. The Kier molecular flexibility index (Phi) is 5.27. The van der Waals surface area contributed by atoms with Gasteiger partial charge >= 0.3 is 6.18 Å². The predicted molar refractivity (Wildman–Crippen MR) is 92.5 cm³/mol. The van der Waals surface area contributed by atoms with E-state index in [9.17, 15) is 28.1 Å². The van der Waals surface area contributed by atoms with Gasteiger partial charge in [-0.3, -0.25) is 19.8 Å². The highest BCUT2D eigenvalue weighted by atomic mass is 19.4. The third kappa shape index (κ3) is 4.00. The van der Waals surface area contributed by atoms with E-state index in [1.807, 2.05) is 11.9 Å². The molecule has 148 valence electrons. The largest absolute Gasteiger partial charge is 0.416 e. The average Bonchev–Trinajstić information content (AvgIpc) is 3.06. The molecular formula is C17H21F3N4O3. The standard InChI is InChI=1S/C17H21F3N4O3/c1-21-6-2-3-14(21)16(25)23-9-7-22(8-10-23)13-5-4-12(17(18,19)20)11-15(13)24(26)27/h4-5,11,14H,2-3,6-10H2,1H3. The Morgan fingerprint density at radius 2 is 1.85 bits per heavy atom. The number of likely N-dealkylation sites (tertiary alicyclic amines) is 1. The first kappa shape index (κ1) is 19.4. The minimum Gasteiger partial charge on any atom is -0.362 e. The van der Waals surface area contributed by atoms with Gasteiger partial charge in [-0.2, -0.15) is 13.2 Å². The maximum atomic E-state index is 12.8. The number of carbonyl (C=O) groups is 1. The fraction of sp³-hybridized carbons (Fsp3) is 0.588. The van der Waals surface area contributed by atoms with Crippen molar-refractivity contribution in [2.45, 2.75) is 25.1 Å². The van der Waals surface area contributed by atoms with Gasteiger partial charge in [-0.15, -0.1) is 0 Å². The van der Waals surface area contributed by atoms with E-state index >= 15 is 0 Å². The number of piperazine rings is 1. The van der Waals surface area contributed by atoms with Gasteiger partial charge in [-0.25, -0.2) is 0 Å². The lowest BCUT2D eigenvalue weighted by atomic mass is 10.1. The molecule has 0 spiro atoms. The number of rotatable bonds is 3.